The molecule has 7 heteroatoms. The van der Waals surface area contributed by atoms with E-state index in [-0.39, 0.29) is 17.4 Å². The van der Waals surface area contributed by atoms with Crippen LogP contribution in [0, 0.1) is 0 Å². The number of carbonyl (C=O) groups is 1. The third-order valence-electron chi connectivity index (χ3n) is 1.33. The van der Waals surface area contributed by atoms with Gasteiger partial charge in [-0.1, -0.05) is 5.16 Å². The molecule has 14 heavy (non-hydrogen) atoms. The average molecular weight is 199 g/mol. The maximum Gasteiger partial charge on any atom is 0.362 e. The molecule has 0 aliphatic heterocycles. The average Bonchev–Trinajstić information content (AvgIpc) is 2.60. The molecule has 1 aromatic heterocycles. The fourth-order valence-corrected chi connectivity index (χ4v) is 0.773. The summed E-state index contributed by atoms with van der Waals surface area (Å²) >= 11 is 0. The molecule has 1 aromatic rings. The van der Waals surface area contributed by atoms with Crippen molar-refractivity contribution in [1.29, 1.82) is 0 Å². The van der Waals surface area contributed by atoms with Crippen LogP contribution in [0.25, 0.3) is 0 Å². The van der Waals surface area contributed by atoms with E-state index in [4.69, 9.17) is 10.2 Å². The summed E-state index contributed by atoms with van der Waals surface area (Å²) in [6, 6.07) is -0.0623. The van der Waals surface area contributed by atoms with Crippen LogP contribution >= 0.6 is 0 Å². The molecule has 1 heterocycles. The van der Waals surface area contributed by atoms with Gasteiger partial charge in [0.2, 0.25) is 5.71 Å². The fourth-order valence-electron chi connectivity index (χ4n) is 0.773. The summed E-state index contributed by atoms with van der Waals surface area (Å²) in [5.74, 6) is -0.680. The number of hydrogen-bond acceptors (Lipinski definition) is 7. The summed E-state index contributed by atoms with van der Waals surface area (Å²) in [6.45, 7) is 0. The third kappa shape index (κ3) is 2.00. The number of nitrogens with zero attached hydrogens (tertiary/aromatic N) is 2. The first kappa shape index (κ1) is 10.0. The maximum absolute atomic E-state index is 11.2. The fraction of sp³-hybridized carbons (Fsp3) is 0.286. The van der Waals surface area contributed by atoms with Crippen LogP contribution in [0.1, 0.15) is 5.69 Å². The number of anilines is 1. The highest BCUT2D eigenvalue weighted by Crippen LogP contribution is 2.05. The van der Waals surface area contributed by atoms with Gasteiger partial charge in [0.05, 0.1) is 7.11 Å². The normalized spacial score (nSPS) is 11.1. The Bertz CT molecular complexity index is 358. The largest absolute Gasteiger partial charge is 0.464 e. The van der Waals surface area contributed by atoms with E-state index >= 15 is 0 Å². The second-order valence-corrected chi connectivity index (χ2v) is 2.19. The van der Waals surface area contributed by atoms with E-state index in [1.54, 1.807) is 0 Å². The minimum absolute atomic E-state index is 0.0623. The quantitative estimate of drug-likeness (QED) is 0.410. The van der Waals surface area contributed by atoms with E-state index in [0.29, 0.717) is 0 Å². The van der Waals surface area contributed by atoms with Crippen LogP contribution in [0.15, 0.2) is 15.8 Å². The van der Waals surface area contributed by atoms with Gasteiger partial charge in [-0.3, -0.25) is 0 Å². The highest BCUT2D eigenvalue weighted by atomic mass is 16.6. The zero-order valence-corrected chi connectivity index (χ0v) is 7.68. The SMILES string of the molecule is CON=C(C(=O)OC)c1coc(N)n1. The van der Waals surface area contributed by atoms with Crippen LogP contribution < -0.4 is 5.73 Å². The summed E-state index contributed by atoms with van der Waals surface area (Å²) < 4.78 is 9.17. The molecule has 0 unspecified atom stereocenters. The Morgan fingerprint density at radius 2 is 2.36 bits per heavy atom. The first-order valence-electron chi connectivity index (χ1n) is 3.60. The summed E-state index contributed by atoms with van der Waals surface area (Å²) in [6.07, 6.45) is 1.18. The number of aromatic nitrogens is 1. The van der Waals surface area contributed by atoms with Crippen LogP contribution in [0.2, 0.25) is 0 Å². The lowest BCUT2D eigenvalue weighted by Crippen LogP contribution is -2.18. The zero-order chi connectivity index (χ0) is 10.6. The van der Waals surface area contributed by atoms with Gasteiger partial charge in [0.15, 0.2) is 0 Å². The van der Waals surface area contributed by atoms with Crippen LogP contribution in [-0.2, 0) is 14.4 Å². The Labute approximate surface area is 79.5 Å². The predicted octanol–water partition coefficient (Wildman–Crippen LogP) is -0.220. The summed E-state index contributed by atoms with van der Waals surface area (Å²) in [7, 11) is 2.52. The Hall–Kier alpha value is -2.05. The van der Waals surface area contributed by atoms with Crippen LogP contribution in [0.5, 0.6) is 0 Å². The monoisotopic (exact) mass is 199 g/mol. The van der Waals surface area contributed by atoms with E-state index < -0.39 is 5.97 Å². The molecule has 0 aromatic carbocycles. The molecule has 0 aliphatic rings. The van der Waals surface area contributed by atoms with Crippen molar-refractivity contribution < 1.29 is 18.8 Å². The Kier molecular flexibility index (Phi) is 3.05. The highest BCUT2D eigenvalue weighted by molar-refractivity contribution is 6.42. The number of esters is 1. The molecule has 0 saturated heterocycles. The lowest BCUT2D eigenvalue weighted by Gasteiger charge is -1.98. The van der Waals surface area contributed by atoms with Crippen molar-refractivity contribution in [2.45, 2.75) is 0 Å². The van der Waals surface area contributed by atoms with E-state index in [2.05, 4.69) is 19.7 Å². The summed E-state index contributed by atoms with van der Waals surface area (Å²) in [5, 5.41) is 3.44. The van der Waals surface area contributed by atoms with Gasteiger partial charge >= 0.3 is 5.97 Å². The minimum Gasteiger partial charge on any atom is -0.464 e. The minimum atomic E-state index is -0.680. The number of methoxy groups -OCH3 is 1. The number of oxime groups is 1. The number of ether oxygens (including phenoxy) is 1. The van der Waals surface area contributed by atoms with Gasteiger partial charge in [0.1, 0.15) is 19.1 Å². The van der Waals surface area contributed by atoms with E-state index in [1.807, 2.05) is 0 Å². The Morgan fingerprint density at radius 1 is 1.64 bits per heavy atom. The molecule has 0 radical (unpaired) electrons. The van der Waals surface area contributed by atoms with Gasteiger partial charge in [-0.2, -0.15) is 4.98 Å². The molecule has 0 saturated carbocycles. The van der Waals surface area contributed by atoms with Crippen molar-refractivity contribution in [3.05, 3.63) is 12.0 Å². The van der Waals surface area contributed by atoms with Gasteiger partial charge < -0.3 is 19.7 Å². The van der Waals surface area contributed by atoms with E-state index in [1.165, 1.54) is 20.5 Å². The first-order chi connectivity index (χ1) is 6.69. The van der Waals surface area contributed by atoms with Crippen molar-refractivity contribution in [3.8, 4) is 0 Å². The molecule has 2 N–H and O–H groups in total. The van der Waals surface area contributed by atoms with Crippen molar-refractivity contribution in [2.75, 3.05) is 20.0 Å². The number of hydrogen-bond donors (Lipinski definition) is 1. The Balaban J connectivity index is 3.00. The van der Waals surface area contributed by atoms with Crippen LogP contribution in [0.3, 0.4) is 0 Å². The molecule has 1 rings (SSSR count). The molecule has 0 fully saturated rings. The molecule has 0 amide bonds. The molecule has 0 atom stereocenters. The molecule has 7 nitrogen and oxygen atoms in total. The van der Waals surface area contributed by atoms with E-state index in [9.17, 15) is 4.79 Å². The van der Waals surface area contributed by atoms with Gasteiger partial charge in [-0.15, -0.1) is 0 Å². The second-order valence-electron chi connectivity index (χ2n) is 2.19. The van der Waals surface area contributed by atoms with Crippen molar-refractivity contribution in [2.24, 2.45) is 5.16 Å². The van der Waals surface area contributed by atoms with Crippen molar-refractivity contribution in [1.82, 2.24) is 4.98 Å². The Morgan fingerprint density at radius 3 is 2.79 bits per heavy atom. The van der Waals surface area contributed by atoms with Crippen LogP contribution in [0.4, 0.5) is 6.01 Å². The topological polar surface area (TPSA) is 99.9 Å². The molecule has 76 valence electrons. The van der Waals surface area contributed by atoms with Gasteiger partial charge in [0, 0.05) is 0 Å². The smallest absolute Gasteiger partial charge is 0.362 e. The lowest BCUT2D eigenvalue weighted by molar-refractivity contribution is -0.132. The third-order valence-corrected chi connectivity index (χ3v) is 1.33. The van der Waals surface area contributed by atoms with Gasteiger partial charge in [-0.25, -0.2) is 4.79 Å². The summed E-state index contributed by atoms with van der Waals surface area (Å²) in [4.78, 5) is 19.3. The first-order valence-corrected chi connectivity index (χ1v) is 3.60. The standard InChI is InChI=1S/C7H9N3O4/c1-12-6(11)5(10-13-2)4-3-14-7(8)9-4/h3H,1-2H3,(H2,8,9). The lowest BCUT2D eigenvalue weighted by atomic mass is 10.3. The molecule has 0 bridgehead atoms. The molecular formula is C7H9N3O4. The molecular weight excluding hydrogens is 190 g/mol. The number of carbonyl (C=O) groups excluding carboxylic acids is 1. The predicted molar refractivity (Wildman–Crippen MR) is 46.5 cm³/mol. The van der Waals surface area contributed by atoms with Crippen molar-refractivity contribution >= 4 is 17.7 Å². The second kappa shape index (κ2) is 4.26. The maximum atomic E-state index is 11.2. The molecule has 0 aliphatic carbocycles. The number of nitrogen functional groups attached to an aromatic ring is 1. The summed E-state index contributed by atoms with van der Waals surface area (Å²) in [5.41, 5.74) is 5.29. The zero-order valence-electron chi connectivity index (χ0n) is 7.68. The van der Waals surface area contributed by atoms with Gasteiger partial charge in [0.25, 0.3) is 6.01 Å². The van der Waals surface area contributed by atoms with Crippen LogP contribution in [-0.4, -0.2) is 30.9 Å². The van der Waals surface area contributed by atoms with E-state index in [0.717, 1.165) is 0 Å². The highest BCUT2D eigenvalue weighted by Gasteiger charge is 2.19. The number of oxazole rings is 1. The van der Waals surface area contributed by atoms with Gasteiger partial charge in [-0.05, 0) is 0 Å². The molecule has 0 spiro atoms. The number of nitrogens with two attached hydrogens (primary N) is 1. The van der Waals surface area contributed by atoms with Crippen molar-refractivity contribution in [3.63, 3.8) is 0 Å². The number of rotatable bonds is 3.